The van der Waals surface area contributed by atoms with Gasteiger partial charge in [-0.05, 0) is 13.0 Å². The van der Waals surface area contributed by atoms with Crippen LogP contribution < -0.4 is 0 Å². The van der Waals surface area contributed by atoms with Crippen LogP contribution in [0.1, 0.15) is 15.9 Å². The van der Waals surface area contributed by atoms with Crippen LogP contribution in [-0.4, -0.2) is 40.6 Å². The van der Waals surface area contributed by atoms with Crippen molar-refractivity contribution < 1.29 is 9.72 Å². The summed E-state index contributed by atoms with van der Waals surface area (Å²) in [6, 6.07) is 4.44. The maximum atomic E-state index is 12.3. The van der Waals surface area contributed by atoms with Crippen molar-refractivity contribution in [1.29, 1.82) is 0 Å². The Kier molecular flexibility index (Phi) is 6.05. The molecule has 0 aliphatic carbocycles. The zero-order chi connectivity index (χ0) is 14.4. The third kappa shape index (κ3) is 3.81. The molecule has 104 valence electrons. The number of carbonyl (C=O) groups excluding carboxylic acids is 1. The van der Waals surface area contributed by atoms with E-state index in [1.54, 1.807) is 13.0 Å². The average Bonchev–Trinajstić information content (AvgIpc) is 2.37. The van der Waals surface area contributed by atoms with E-state index >= 15 is 0 Å². The number of hydrogen-bond acceptors (Lipinski definition) is 3. The fourth-order valence-corrected chi connectivity index (χ4v) is 2.15. The van der Waals surface area contributed by atoms with E-state index in [9.17, 15) is 14.9 Å². The molecule has 7 heteroatoms. The van der Waals surface area contributed by atoms with Crippen LogP contribution in [0.2, 0.25) is 0 Å². The summed E-state index contributed by atoms with van der Waals surface area (Å²) in [5.74, 6) is 0.287. The van der Waals surface area contributed by atoms with Gasteiger partial charge in [0.1, 0.15) is 0 Å². The summed E-state index contributed by atoms with van der Waals surface area (Å²) in [5, 5.41) is 10.9. The number of carbonyl (C=O) groups is 1. The van der Waals surface area contributed by atoms with Crippen LogP contribution in [-0.2, 0) is 0 Å². The lowest BCUT2D eigenvalue weighted by Crippen LogP contribution is -2.34. The average molecular weight is 305 g/mol. The van der Waals surface area contributed by atoms with Crippen LogP contribution >= 0.6 is 23.2 Å². The predicted molar refractivity (Wildman–Crippen MR) is 75.2 cm³/mol. The van der Waals surface area contributed by atoms with E-state index < -0.39 is 4.92 Å². The van der Waals surface area contributed by atoms with Crippen molar-refractivity contribution in [2.45, 2.75) is 6.92 Å². The van der Waals surface area contributed by atoms with E-state index in [4.69, 9.17) is 23.2 Å². The SMILES string of the molecule is Cc1c(C(=O)N(CCCl)CCCl)cccc1[N+](=O)[O-]. The Morgan fingerprint density at radius 2 is 1.89 bits per heavy atom. The van der Waals surface area contributed by atoms with Crippen molar-refractivity contribution in [1.82, 2.24) is 4.90 Å². The molecular weight excluding hydrogens is 291 g/mol. The topological polar surface area (TPSA) is 63.5 Å². The molecule has 0 radical (unpaired) electrons. The Bertz CT molecular complexity index is 474. The molecule has 0 saturated carbocycles. The van der Waals surface area contributed by atoms with Gasteiger partial charge < -0.3 is 4.90 Å². The fraction of sp³-hybridized carbons (Fsp3) is 0.417. The zero-order valence-electron chi connectivity index (χ0n) is 10.4. The Morgan fingerprint density at radius 1 is 1.32 bits per heavy atom. The second kappa shape index (κ2) is 7.31. The number of hydrogen-bond donors (Lipinski definition) is 0. The highest BCUT2D eigenvalue weighted by atomic mass is 35.5. The maximum absolute atomic E-state index is 12.3. The van der Waals surface area contributed by atoms with Gasteiger partial charge in [0.05, 0.1) is 4.92 Å². The normalized spacial score (nSPS) is 10.3. The quantitative estimate of drug-likeness (QED) is 0.461. The van der Waals surface area contributed by atoms with E-state index in [-0.39, 0.29) is 23.4 Å². The Balaban J connectivity index is 3.10. The lowest BCUT2D eigenvalue weighted by Gasteiger charge is -2.21. The second-order valence-corrected chi connectivity index (χ2v) is 4.63. The standard InChI is InChI=1S/C12H14Cl2N2O3/c1-9-10(3-2-4-11(9)16(18)19)12(17)15(7-5-13)8-6-14/h2-4H,5-8H2,1H3. The molecule has 0 bridgehead atoms. The van der Waals surface area contributed by atoms with Gasteiger partial charge in [-0.15, -0.1) is 23.2 Å². The number of benzene rings is 1. The molecule has 0 heterocycles. The summed E-state index contributed by atoms with van der Waals surface area (Å²) in [5.41, 5.74) is 0.596. The van der Waals surface area contributed by atoms with Crippen LogP contribution in [0.5, 0.6) is 0 Å². The van der Waals surface area contributed by atoms with Crippen LogP contribution in [0.25, 0.3) is 0 Å². The summed E-state index contributed by atoms with van der Waals surface area (Å²) in [7, 11) is 0. The lowest BCUT2D eigenvalue weighted by molar-refractivity contribution is -0.385. The Labute approximate surface area is 121 Å². The highest BCUT2D eigenvalue weighted by molar-refractivity contribution is 6.18. The minimum Gasteiger partial charge on any atom is -0.336 e. The molecule has 5 nitrogen and oxygen atoms in total. The van der Waals surface area contributed by atoms with Crippen LogP contribution in [0.4, 0.5) is 5.69 Å². The molecule has 0 aliphatic heterocycles. The molecule has 0 aliphatic rings. The van der Waals surface area contributed by atoms with Gasteiger partial charge in [-0.1, -0.05) is 6.07 Å². The first-order valence-electron chi connectivity index (χ1n) is 5.68. The van der Waals surface area contributed by atoms with Crippen LogP contribution in [0, 0.1) is 17.0 Å². The first-order valence-corrected chi connectivity index (χ1v) is 6.75. The highest BCUT2D eigenvalue weighted by Crippen LogP contribution is 2.22. The van der Waals surface area contributed by atoms with Gasteiger partial charge in [-0.25, -0.2) is 0 Å². The van der Waals surface area contributed by atoms with Crippen molar-refractivity contribution in [3.05, 3.63) is 39.4 Å². The van der Waals surface area contributed by atoms with Crippen molar-refractivity contribution >= 4 is 34.8 Å². The van der Waals surface area contributed by atoms with Gasteiger partial charge in [0.25, 0.3) is 11.6 Å². The molecule has 19 heavy (non-hydrogen) atoms. The summed E-state index contributed by atoms with van der Waals surface area (Å²) in [4.78, 5) is 24.2. The lowest BCUT2D eigenvalue weighted by atomic mass is 10.1. The third-order valence-electron chi connectivity index (χ3n) is 2.73. The third-order valence-corrected chi connectivity index (χ3v) is 3.07. The number of nitro benzene ring substituents is 1. The molecule has 0 fully saturated rings. The largest absolute Gasteiger partial charge is 0.336 e. The first kappa shape index (κ1) is 15.7. The first-order chi connectivity index (χ1) is 9.02. The van der Waals surface area contributed by atoms with E-state index in [0.29, 0.717) is 24.2 Å². The monoisotopic (exact) mass is 304 g/mol. The Hall–Kier alpha value is -1.33. The van der Waals surface area contributed by atoms with Crippen molar-refractivity contribution in [3.63, 3.8) is 0 Å². The molecule has 0 spiro atoms. The Morgan fingerprint density at radius 3 is 2.37 bits per heavy atom. The summed E-state index contributed by atoms with van der Waals surface area (Å²) in [6.45, 7) is 2.27. The fourth-order valence-electron chi connectivity index (χ4n) is 1.74. The molecule has 0 atom stereocenters. The number of amides is 1. The molecule has 1 rings (SSSR count). The van der Waals surface area contributed by atoms with Gasteiger partial charge in [-0.3, -0.25) is 14.9 Å². The van der Waals surface area contributed by atoms with E-state index in [1.807, 2.05) is 0 Å². The van der Waals surface area contributed by atoms with E-state index in [1.165, 1.54) is 17.0 Å². The number of rotatable bonds is 6. The van der Waals surface area contributed by atoms with Gasteiger partial charge in [0, 0.05) is 42.0 Å². The molecular formula is C12H14Cl2N2O3. The second-order valence-electron chi connectivity index (χ2n) is 3.88. The number of halogens is 2. The minimum absolute atomic E-state index is 0.0671. The van der Waals surface area contributed by atoms with Gasteiger partial charge in [0.15, 0.2) is 0 Å². The van der Waals surface area contributed by atoms with Crippen molar-refractivity contribution in [3.8, 4) is 0 Å². The molecule has 0 saturated heterocycles. The van der Waals surface area contributed by atoms with Crippen molar-refractivity contribution in [2.24, 2.45) is 0 Å². The van der Waals surface area contributed by atoms with E-state index in [2.05, 4.69) is 0 Å². The van der Waals surface area contributed by atoms with Gasteiger partial charge in [0.2, 0.25) is 0 Å². The molecule has 1 amide bonds. The van der Waals surface area contributed by atoms with Crippen molar-refractivity contribution in [2.75, 3.05) is 24.8 Å². The molecule has 1 aromatic rings. The highest BCUT2D eigenvalue weighted by Gasteiger charge is 2.21. The predicted octanol–water partition coefficient (Wildman–Crippen LogP) is 2.82. The minimum atomic E-state index is -0.500. The van der Waals surface area contributed by atoms with Crippen LogP contribution in [0.3, 0.4) is 0 Å². The summed E-state index contributed by atoms with van der Waals surface area (Å²) in [6.07, 6.45) is 0. The molecule has 0 N–H and O–H groups in total. The van der Waals surface area contributed by atoms with Gasteiger partial charge >= 0.3 is 0 Å². The number of alkyl halides is 2. The summed E-state index contributed by atoms with van der Waals surface area (Å²) < 4.78 is 0. The van der Waals surface area contributed by atoms with Crippen LogP contribution in [0.15, 0.2) is 18.2 Å². The van der Waals surface area contributed by atoms with Gasteiger partial charge in [-0.2, -0.15) is 0 Å². The van der Waals surface area contributed by atoms with E-state index in [0.717, 1.165) is 0 Å². The molecule has 1 aromatic carbocycles. The number of nitrogens with zero attached hydrogens (tertiary/aromatic N) is 2. The molecule has 0 aromatic heterocycles. The molecule has 0 unspecified atom stereocenters. The summed E-state index contributed by atoms with van der Waals surface area (Å²) >= 11 is 11.3. The number of nitro groups is 1. The maximum Gasteiger partial charge on any atom is 0.273 e. The zero-order valence-corrected chi connectivity index (χ0v) is 11.9. The smallest absolute Gasteiger partial charge is 0.273 e.